The molecular formula is C38H68O6. The molecule has 6 heteroatoms. The van der Waals surface area contributed by atoms with E-state index in [0.29, 0.717) is 19.3 Å². The zero-order valence-corrected chi connectivity index (χ0v) is 28.9. The van der Waals surface area contributed by atoms with E-state index >= 15 is 0 Å². The molecule has 1 unspecified atom stereocenters. The normalized spacial score (nSPS) is 12.2. The molecule has 44 heavy (non-hydrogen) atoms. The SMILES string of the molecule is CCC/C=C\CCCCCCCC(=O)OCC(COC(=O)CCCCCCCC)OC(=O)CCCCCCC/C=C\CCC. The van der Waals surface area contributed by atoms with Gasteiger partial charge in [-0.15, -0.1) is 0 Å². The lowest BCUT2D eigenvalue weighted by atomic mass is 10.1. The van der Waals surface area contributed by atoms with E-state index in [1.54, 1.807) is 0 Å². The van der Waals surface area contributed by atoms with Crippen molar-refractivity contribution >= 4 is 17.9 Å². The minimum absolute atomic E-state index is 0.0774. The number of unbranched alkanes of at least 4 members (excludes halogenated alkanes) is 17. The molecule has 0 aliphatic rings. The van der Waals surface area contributed by atoms with Gasteiger partial charge in [0, 0.05) is 19.3 Å². The third-order valence-electron chi connectivity index (χ3n) is 7.64. The standard InChI is InChI=1S/C38H68O6/c1-4-7-10-13-16-18-20-22-25-28-31-37(40)43-34-35(33-42-36(39)30-27-24-15-12-9-6-3)44-38(41)32-29-26-23-21-19-17-14-11-8-5-2/h10-11,13-14,35H,4-9,12,15-34H2,1-3H3/b13-10-,14-11-. The van der Waals surface area contributed by atoms with Crippen LogP contribution in [0.3, 0.4) is 0 Å². The number of hydrogen-bond acceptors (Lipinski definition) is 6. The molecule has 0 aromatic rings. The van der Waals surface area contributed by atoms with Crippen LogP contribution >= 0.6 is 0 Å². The summed E-state index contributed by atoms with van der Waals surface area (Å²) in [5.41, 5.74) is 0. The highest BCUT2D eigenvalue weighted by molar-refractivity contribution is 5.71. The van der Waals surface area contributed by atoms with Gasteiger partial charge in [-0.3, -0.25) is 14.4 Å². The number of carbonyl (C=O) groups excluding carboxylic acids is 3. The topological polar surface area (TPSA) is 78.9 Å². The Bertz CT molecular complexity index is 729. The van der Waals surface area contributed by atoms with Crippen LogP contribution in [0.5, 0.6) is 0 Å². The molecular weight excluding hydrogens is 552 g/mol. The third kappa shape index (κ3) is 31.3. The Balaban J connectivity index is 4.37. The van der Waals surface area contributed by atoms with E-state index < -0.39 is 6.10 Å². The predicted molar refractivity (Wildman–Crippen MR) is 183 cm³/mol. The van der Waals surface area contributed by atoms with E-state index in [1.165, 1.54) is 51.4 Å². The number of rotatable bonds is 32. The zero-order valence-electron chi connectivity index (χ0n) is 28.9. The predicted octanol–water partition coefficient (Wildman–Crippen LogP) is 10.9. The van der Waals surface area contributed by atoms with Crippen molar-refractivity contribution in [1.82, 2.24) is 0 Å². The van der Waals surface area contributed by atoms with Crippen LogP contribution in [0.1, 0.15) is 181 Å². The minimum Gasteiger partial charge on any atom is -0.462 e. The lowest BCUT2D eigenvalue weighted by molar-refractivity contribution is -0.167. The average Bonchev–Trinajstić information content (AvgIpc) is 3.02. The van der Waals surface area contributed by atoms with Gasteiger partial charge < -0.3 is 14.2 Å². The lowest BCUT2D eigenvalue weighted by Gasteiger charge is -2.18. The molecule has 0 radical (unpaired) electrons. The summed E-state index contributed by atoms with van der Waals surface area (Å²) in [6, 6.07) is 0. The first-order valence-electron chi connectivity index (χ1n) is 18.3. The van der Waals surface area contributed by atoms with Gasteiger partial charge in [0.25, 0.3) is 0 Å². The van der Waals surface area contributed by atoms with Crippen molar-refractivity contribution in [3.8, 4) is 0 Å². The molecule has 0 saturated carbocycles. The molecule has 0 rings (SSSR count). The van der Waals surface area contributed by atoms with Crippen molar-refractivity contribution in [3.05, 3.63) is 24.3 Å². The van der Waals surface area contributed by atoms with Crippen molar-refractivity contribution in [3.63, 3.8) is 0 Å². The van der Waals surface area contributed by atoms with E-state index in [1.807, 2.05) is 0 Å². The van der Waals surface area contributed by atoms with Crippen molar-refractivity contribution in [2.75, 3.05) is 13.2 Å². The maximum atomic E-state index is 12.5. The summed E-state index contributed by atoms with van der Waals surface area (Å²) < 4.78 is 16.5. The van der Waals surface area contributed by atoms with Crippen molar-refractivity contribution in [2.24, 2.45) is 0 Å². The van der Waals surface area contributed by atoms with E-state index in [9.17, 15) is 14.4 Å². The molecule has 0 aliphatic heterocycles. The summed E-state index contributed by atoms with van der Waals surface area (Å²) in [6.07, 6.45) is 33.2. The first-order chi connectivity index (χ1) is 21.5. The Hall–Kier alpha value is -2.11. The zero-order chi connectivity index (χ0) is 32.4. The van der Waals surface area contributed by atoms with Gasteiger partial charge in [0.15, 0.2) is 6.10 Å². The lowest BCUT2D eigenvalue weighted by Crippen LogP contribution is -2.30. The Morgan fingerprint density at radius 2 is 0.795 bits per heavy atom. The minimum atomic E-state index is -0.768. The Morgan fingerprint density at radius 3 is 1.23 bits per heavy atom. The smallest absolute Gasteiger partial charge is 0.306 e. The van der Waals surface area contributed by atoms with Gasteiger partial charge in [-0.1, -0.05) is 129 Å². The van der Waals surface area contributed by atoms with Gasteiger partial charge in [0.1, 0.15) is 13.2 Å². The largest absolute Gasteiger partial charge is 0.462 e. The molecule has 0 fully saturated rings. The van der Waals surface area contributed by atoms with Crippen LogP contribution in [0.25, 0.3) is 0 Å². The van der Waals surface area contributed by atoms with Gasteiger partial charge >= 0.3 is 17.9 Å². The summed E-state index contributed by atoms with van der Waals surface area (Å²) >= 11 is 0. The molecule has 6 nitrogen and oxygen atoms in total. The number of esters is 3. The van der Waals surface area contributed by atoms with E-state index in [4.69, 9.17) is 14.2 Å². The number of ether oxygens (including phenoxy) is 3. The Kier molecular flexibility index (Phi) is 32.2. The van der Waals surface area contributed by atoms with Crippen molar-refractivity contribution in [1.29, 1.82) is 0 Å². The van der Waals surface area contributed by atoms with Crippen LogP contribution in [0.15, 0.2) is 24.3 Å². The highest BCUT2D eigenvalue weighted by atomic mass is 16.6. The fraction of sp³-hybridized carbons (Fsp3) is 0.816. The molecule has 0 N–H and O–H groups in total. The molecule has 0 aromatic heterocycles. The second-order valence-corrected chi connectivity index (χ2v) is 12.1. The van der Waals surface area contributed by atoms with Crippen LogP contribution in [0.2, 0.25) is 0 Å². The third-order valence-corrected chi connectivity index (χ3v) is 7.64. The summed E-state index contributed by atoms with van der Waals surface area (Å²) in [5.74, 6) is -0.917. The molecule has 0 aliphatic carbocycles. The van der Waals surface area contributed by atoms with Crippen LogP contribution < -0.4 is 0 Å². The highest BCUT2D eigenvalue weighted by Gasteiger charge is 2.19. The quantitative estimate of drug-likeness (QED) is 0.0322. The van der Waals surface area contributed by atoms with Crippen LogP contribution in [0.4, 0.5) is 0 Å². The van der Waals surface area contributed by atoms with E-state index in [-0.39, 0.29) is 31.1 Å². The molecule has 0 bridgehead atoms. The van der Waals surface area contributed by atoms with E-state index in [0.717, 1.165) is 89.9 Å². The molecule has 0 aromatic carbocycles. The van der Waals surface area contributed by atoms with Crippen LogP contribution in [0, 0.1) is 0 Å². The molecule has 256 valence electrons. The summed E-state index contributed by atoms with van der Waals surface area (Å²) in [6.45, 7) is 6.40. The fourth-order valence-corrected chi connectivity index (χ4v) is 4.86. The fourth-order valence-electron chi connectivity index (χ4n) is 4.86. The molecule has 0 spiro atoms. The van der Waals surface area contributed by atoms with Crippen LogP contribution in [-0.2, 0) is 28.6 Å². The average molecular weight is 621 g/mol. The first kappa shape index (κ1) is 41.9. The maximum Gasteiger partial charge on any atom is 0.306 e. The summed E-state index contributed by atoms with van der Waals surface area (Å²) in [4.78, 5) is 37.1. The molecule has 0 saturated heterocycles. The van der Waals surface area contributed by atoms with E-state index in [2.05, 4.69) is 45.1 Å². The number of allylic oxidation sites excluding steroid dienone is 4. The second kappa shape index (κ2) is 33.8. The Morgan fingerprint density at radius 1 is 0.432 bits per heavy atom. The maximum absolute atomic E-state index is 12.5. The van der Waals surface area contributed by atoms with Gasteiger partial charge in [-0.2, -0.15) is 0 Å². The second-order valence-electron chi connectivity index (χ2n) is 12.1. The number of hydrogen-bond donors (Lipinski definition) is 0. The van der Waals surface area contributed by atoms with Gasteiger partial charge in [0.05, 0.1) is 0 Å². The molecule has 1 atom stereocenters. The molecule has 0 heterocycles. The highest BCUT2D eigenvalue weighted by Crippen LogP contribution is 2.12. The van der Waals surface area contributed by atoms with Crippen molar-refractivity contribution in [2.45, 2.75) is 187 Å². The van der Waals surface area contributed by atoms with Gasteiger partial charge in [-0.25, -0.2) is 0 Å². The Labute approximate surface area is 271 Å². The van der Waals surface area contributed by atoms with Crippen molar-refractivity contribution < 1.29 is 28.6 Å². The van der Waals surface area contributed by atoms with Crippen LogP contribution in [-0.4, -0.2) is 37.2 Å². The summed E-state index contributed by atoms with van der Waals surface area (Å²) in [5, 5.41) is 0. The number of carbonyl (C=O) groups is 3. The molecule has 0 amide bonds. The van der Waals surface area contributed by atoms with Gasteiger partial charge in [0.2, 0.25) is 0 Å². The first-order valence-corrected chi connectivity index (χ1v) is 18.3. The summed E-state index contributed by atoms with van der Waals surface area (Å²) in [7, 11) is 0. The monoisotopic (exact) mass is 621 g/mol. The van der Waals surface area contributed by atoms with Gasteiger partial charge in [-0.05, 0) is 57.8 Å².